The van der Waals surface area contributed by atoms with Crippen molar-refractivity contribution < 1.29 is 9.59 Å². The van der Waals surface area contributed by atoms with Crippen LogP contribution in [0.5, 0.6) is 0 Å². The summed E-state index contributed by atoms with van der Waals surface area (Å²) in [6.45, 7) is 1.50. The minimum Gasteiger partial charge on any atom is -0.302 e. The monoisotopic (exact) mass is 420 g/mol. The number of hydrogen-bond acceptors (Lipinski definition) is 7. The summed E-state index contributed by atoms with van der Waals surface area (Å²) < 4.78 is 0. The van der Waals surface area contributed by atoms with Gasteiger partial charge in [0.2, 0.25) is 5.91 Å². The molecule has 6 nitrogen and oxygen atoms in total. The highest BCUT2D eigenvalue weighted by molar-refractivity contribution is 7.18. The first-order valence-electron chi connectivity index (χ1n) is 8.83. The fourth-order valence-electron chi connectivity index (χ4n) is 2.73. The van der Waals surface area contributed by atoms with Gasteiger partial charge >= 0.3 is 0 Å². The van der Waals surface area contributed by atoms with Crippen LogP contribution in [-0.2, 0) is 11.2 Å². The predicted octanol–water partition coefficient (Wildman–Crippen LogP) is 4.71. The van der Waals surface area contributed by atoms with Gasteiger partial charge in [0.15, 0.2) is 10.9 Å². The van der Waals surface area contributed by atoms with Gasteiger partial charge in [-0.1, -0.05) is 47.7 Å². The van der Waals surface area contributed by atoms with Crippen LogP contribution in [-0.4, -0.2) is 26.6 Å². The van der Waals surface area contributed by atoms with Crippen LogP contribution in [0.2, 0.25) is 0 Å². The van der Waals surface area contributed by atoms with Crippen molar-refractivity contribution in [2.75, 3.05) is 5.32 Å². The second-order valence-electron chi connectivity index (χ2n) is 6.20. The number of carbonyl (C=O) groups excluding carboxylic acids is 2. The first-order valence-corrected chi connectivity index (χ1v) is 10.5. The summed E-state index contributed by atoms with van der Waals surface area (Å²) in [5, 5.41) is 5.81. The molecule has 0 fully saturated rings. The van der Waals surface area contributed by atoms with E-state index in [1.165, 1.54) is 29.6 Å². The minimum absolute atomic E-state index is 0.0821. The standard InChI is InChI=1S/C21H16N4O2S2/c1-13(26)19-18(14-7-3-2-4-8-14)25-21(29-19)24-17(27)11-15-12-28-20(23-15)16-9-5-6-10-22-16/h2-10,12H,11H2,1H3,(H,24,25,27). The molecule has 0 aliphatic carbocycles. The Labute approximate surface area is 175 Å². The molecule has 3 aromatic heterocycles. The van der Waals surface area contributed by atoms with Gasteiger partial charge in [0, 0.05) is 24.1 Å². The molecule has 0 aliphatic rings. The Morgan fingerprint density at radius 3 is 2.55 bits per heavy atom. The summed E-state index contributed by atoms with van der Waals surface area (Å²) in [7, 11) is 0. The summed E-state index contributed by atoms with van der Waals surface area (Å²) in [6.07, 6.45) is 1.83. The smallest absolute Gasteiger partial charge is 0.232 e. The third kappa shape index (κ3) is 4.44. The van der Waals surface area contributed by atoms with Gasteiger partial charge in [-0.05, 0) is 12.1 Å². The van der Waals surface area contributed by atoms with E-state index in [1.54, 1.807) is 6.20 Å². The second-order valence-corrected chi connectivity index (χ2v) is 8.06. The van der Waals surface area contributed by atoms with Crippen LogP contribution in [0, 0.1) is 0 Å². The summed E-state index contributed by atoms with van der Waals surface area (Å²) >= 11 is 2.63. The van der Waals surface area contributed by atoms with E-state index in [2.05, 4.69) is 20.3 Å². The zero-order valence-electron chi connectivity index (χ0n) is 15.5. The largest absolute Gasteiger partial charge is 0.302 e. The maximum absolute atomic E-state index is 12.5. The van der Waals surface area contributed by atoms with Gasteiger partial charge in [0.05, 0.1) is 28.4 Å². The number of nitrogens with zero attached hydrogens (tertiary/aromatic N) is 3. The van der Waals surface area contributed by atoms with Crippen molar-refractivity contribution in [2.24, 2.45) is 0 Å². The van der Waals surface area contributed by atoms with E-state index in [0.717, 1.165) is 16.3 Å². The number of rotatable bonds is 6. The van der Waals surface area contributed by atoms with Crippen LogP contribution in [0.15, 0.2) is 60.1 Å². The molecule has 1 amide bonds. The Kier molecular flexibility index (Phi) is 5.55. The topological polar surface area (TPSA) is 84.8 Å². The molecule has 144 valence electrons. The number of aromatic nitrogens is 3. The van der Waals surface area contributed by atoms with Crippen LogP contribution in [0.3, 0.4) is 0 Å². The van der Waals surface area contributed by atoms with Crippen molar-refractivity contribution in [2.45, 2.75) is 13.3 Å². The predicted molar refractivity (Wildman–Crippen MR) is 115 cm³/mol. The van der Waals surface area contributed by atoms with Crippen LogP contribution < -0.4 is 5.32 Å². The van der Waals surface area contributed by atoms with Gasteiger partial charge in [-0.15, -0.1) is 11.3 Å². The number of amides is 1. The van der Waals surface area contributed by atoms with Crippen molar-refractivity contribution in [3.63, 3.8) is 0 Å². The van der Waals surface area contributed by atoms with Gasteiger partial charge < -0.3 is 5.32 Å². The molecule has 1 N–H and O–H groups in total. The molecule has 0 bridgehead atoms. The lowest BCUT2D eigenvalue weighted by molar-refractivity contribution is -0.115. The lowest BCUT2D eigenvalue weighted by atomic mass is 10.1. The molecule has 4 aromatic rings. The highest BCUT2D eigenvalue weighted by Gasteiger charge is 2.18. The van der Waals surface area contributed by atoms with E-state index in [1.807, 2.05) is 53.9 Å². The molecule has 0 saturated carbocycles. The number of carbonyl (C=O) groups is 2. The van der Waals surface area contributed by atoms with E-state index in [4.69, 9.17) is 0 Å². The molecule has 29 heavy (non-hydrogen) atoms. The number of anilines is 1. The van der Waals surface area contributed by atoms with E-state index in [9.17, 15) is 9.59 Å². The fourth-order valence-corrected chi connectivity index (χ4v) is 4.42. The first-order chi connectivity index (χ1) is 14.1. The summed E-state index contributed by atoms with van der Waals surface area (Å²) in [5.74, 6) is -0.312. The molecule has 0 atom stereocenters. The molecule has 4 rings (SSSR count). The van der Waals surface area contributed by atoms with Crippen molar-refractivity contribution in [3.05, 3.63) is 70.7 Å². The second kappa shape index (κ2) is 8.42. The number of benzene rings is 1. The van der Waals surface area contributed by atoms with Crippen molar-refractivity contribution in [1.82, 2.24) is 15.0 Å². The normalized spacial score (nSPS) is 10.7. The van der Waals surface area contributed by atoms with Gasteiger partial charge in [-0.25, -0.2) is 9.97 Å². The average molecular weight is 421 g/mol. The van der Waals surface area contributed by atoms with Crippen LogP contribution in [0.25, 0.3) is 22.0 Å². The summed E-state index contributed by atoms with van der Waals surface area (Å²) in [6, 6.07) is 15.1. The minimum atomic E-state index is -0.230. The quantitative estimate of drug-likeness (QED) is 0.457. The van der Waals surface area contributed by atoms with Gasteiger partial charge in [0.1, 0.15) is 5.01 Å². The molecular formula is C21H16N4O2S2. The number of nitrogens with one attached hydrogen (secondary N) is 1. The van der Waals surface area contributed by atoms with Crippen molar-refractivity contribution in [1.29, 1.82) is 0 Å². The first kappa shape index (κ1) is 19.1. The third-order valence-electron chi connectivity index (χ3n) is 4.02. The van der Waals surface area contributed by atoms with Crippen molar-refractivity contribution in [3.8, 4) is 22.0 Å². The molecule has 0 spiro atoms. The molecule has 1 aromatic carbocycles. The number of pyridine rings is 1. The Hall–Kier alpha value is -3.23. The zero-order valence-corrected chi connectivity index (χ0v) is 17.1. The van der Waals surface area contributed by atoms with Crippen LogP contribution >= 0.6 is 22.7 Å². The van der Waals surface area contributed by atoms with E-state index >= 15 is 0 Å². The van der Waals surface area contributed by atoms with E-state index < -0.39 is 0 Å². The highest BCUT2D eigenvalue weighted by atomic mass is 32.1. The number of ketones is 1. The maximum Gasteiger partial charge on any atom is 0.232 e. The molecule has 0 saturated heterocycles. The zero-order chi connectivity index (χ0) is 20.2. The maximum atomic E-state index is 12.5. The number of Topliss-reactive ketones (excluding diaryl/α,β-unsaturated/α-hetero) is 1. The van der Waals surface area contributed by atoms with E-state index in [-0.39, 0.29) is 18.1 Å². The van der Waals surface area contributed by atoms with Crippen LogP contribution in [0.1, 0.15) is 22.3 Å². The average Bonchev–Trinajstić information content (AvgIpc) is 3.37. The molecule has 3 heterocycles. The Morgan fingerprint density at radius 2 is 1.83 bits per heavy atom. The Morgan fingerprint density at radius 1 is 1.03 bits per heavy atom. The van der Waals surface area contributed by atoms with Gasteiger partial charge in [-0.3, -0.25) is 14.6 Å². The Balaban J connectivity index is 1.49. The Bertz CT molecular complexity index is 1150. The molecular weight excluding hydrogens is 404 g/mol. The molecule has 8 heteroatoms. The van der Waals surface area contributed by atoms with Gasteiger partial charge in [0.25, 0.3) is 0 Å². The lowest BCUT2D eigenvalue weighted by Gasteiger charge is -1.99. The molecule has 0 unspecified atom stereocenters. The highest BCUT2D eigenvalue weighted by Crippen LogP contribution is 2.31. The SMILES string of the molecule is CC(=O)c1sc(NC(=O)Cc2csc(-c3ccccn3)n2)nc1-c1ccccc1. The molecule has 0 radical (unpaired) electrons. The van der Waals surface area contributed by atoms with E-state index in [0.29, 0.717) is 21.4 Å². The van der Waals surface area contributed by atoms with Crippen LogP contribution in [0.4, 0.5) is 5.13 Å². The third-order valence-corrected chi connectivity index (χ3v) is 6.00. The number of thiazole rings is 2. The molecule has 0 aliphatic heterocycles. The lowest BCUT2D eigenvalue weighted by Crippen LogP contribution is -2.14. The number of hydrogen-bond donors (Lipinski definition) is 1. The fraction of sp³-hybridized carbons (Fsp3) is 0.0952. The van der Waals surface area contributed by atoms with Crippen molar-refractivity contribution >= 4 is 39.5 Å². The summed E-state index contributed by atoms with van der Waals surface area (Å²) in [4.78, 5) is 38.2. The van der Waals surface area contributed by atoms with Gasteiger partial charge in [-0.2, -0.15) is 0 Å². The summed E-state index contributed by atoms with van der Waals surface area (Å²) in [5.41, 5.74) is 2.88.